The van der Waals surface area contributed by atoms with E-state index in [-0.39, 0.29) is 24.6 Å². The van der Waals surface area contributed by atoms with E-state index >= 15 is 0 Å². The summed E-state index contributed by atoms with van der Waals surface area (Å²) < 4.78 is 6.48. The molecule has 0 saturated heterocycles. The number of carbonyl (C=O) groups excluding carboxylic acids is 1. The summed E-state index contributed by atoms with van der Waals surface area (Å²) in [7, 11) is 0. The van der Waals surface area contributed by atoms with E-state index in [0.717, 1.165) is 17.0 Å². The molecule has 156 valence electrons. The second-order valence-corrected chi connectivity index (χ2v) is 9.59. The molecule has 3 aliphatic rings. The van der Waals surface area contributed by atoms with Crippen molar-refractivity contribution in [3.63, 3.8) is 0 Å². The van der Waals surface area contributed by atoms with Gasteiger partial charge in [0.1, 0.15) is 11.0 Å². The highest BCUT2D eigenvalue weighted by Gasteiger charge is 2.56. The van der Waals surface area contributed by atoms with Crippen LogP contribution >= 0.6 is 15.9 Å². The smallest absolute Gasteiger partial charge is 0.283 e. The maximum Gasteiger partial charge on any atom is 0.283 e. The van der Waals surface area contributed by atoms with Crippen LogP contribution in [0.2, 0.25) is 0 Å². The second kappa shape index (κ2) is 7.59. The van der Waals surface area contributed by atoms with Gasteiger partial charge in [0.15, 0.2) is 5.76 Å². The molecule has 3 aliphatic carbocycles. The Balaban J connectivity index is 1.40. The number of hydrogen-bond acceptors (Lipinski definition) is 6. The van der Waals surface area contributed by atoms with Crippen LogP contribution in [-0.2, 0) is 17.9 Å². The van der Waals surface area contributed by atoms with E-state index in [2.05, 4.69) is 57.6 Å². The Morgan fingerprint density at radius 3 is 2.86 bits per heavy atom. The van der Waals surface area contributed by atoms with Gasteiger partial charge in [0.25, 0.3) is 5.56 Å². The molecule has 0 radical (unpaired) electrons. The molecular formula is C20H26BrN5O3. The highest BCUT2D eigenvalue weighted by Crippen LogP contribution is 2.61. The molecule has 8 nitrogen and oxygen atoms in total. The third kappa shape index (κ3) is 3.72. The topological polar surface area (TPSA) is 102 Å². The average molecular weight is 464 g/mol. The molecule has 2 aromatic rings. The number of halogens is 1. The first kappa shape index (κ1) is 20.1. The molecule has 9 heteroatoms. The molecule has 2 heterocycles. The summed E-state index contributed by atoms with van der Waals surface area (Å²) in [5.41, 5.74) is 0.762. The Kier molecular flexibility index (Phi) is 5.27. The van der Waals surface area contributed by atoms with Crippen molar-refractivity contribution in [3.8, 4) is 0 Å². The molecule has 3 fully saturated rings. The predicted molar refractivity (Wildman–Crippen MR) is 111 cm³/mol. The van der Waals surface area contributed by atoms with Crippen LogP contribution in [0.1, 0.15) is 39.4 Å². The molecule has 0 aliphatic heterocycles. The van der Waals surface area contributed by atoms with Gasteiger partial charge in [0.2, 0.25) is 5.91 Å². The van der Waals surface area contributed by atoms with E-state index in [1.165, 1.54) is 12.6 Å². The fourth-order valence-corrected chi connectivity index (χ4v) is 5.35. The Labute approximate surface area is 177 Å². The zero-order valence-corrected chi connectivity index (χ0v) is 18.4. The summed E-state index contributed by atoms with van der Waals surface area (Å²) in [5.74, 6) is 2.18. The summed E-state index contributed by atoms with van der Waals surface area (Å²) in [4.78, 5) is 24.8. The van der Waals surface area contributed by atoms with Gasteiger partial charge in [0, 0.05) is 12.1 Å². The fourth-order valence-electron chi connectivity index (χ4n) is 4.93. The number of amides is 1. The minimum atomic E-state index is -0.334. The quantitative estimate of drug-likeness (QED) is 0.682. The Morgan fingerprint density at radius 1 is 1.41 bits per heavy atom. The van der Waals surface area contributed by atoms with Gasteiger partial charge in [-0.15, -0.1) is 0 Å². The van der Waals surface area contributed by atoms with Crippen LogP contribution in [0, 0.1) is 23.2 Å². The number of fused-ring (bicyclic) bond motifs is 2. The highest BCUT2D eigenvalue weighted by atomic mass is 79.9. The van der Waals surface area contributed by atoms with Crippen LogP contribution in [0.15, 0.2) is 32.3 Å². The Bertz CT molecular complexity index is 956. The lowest BCUT2D eigenvalue weighted by Crippen LogP contribution is -2.58. The van der Waals surface area contributed by atoms with Crippen LogP contribution in [0.25, 0.3) is 0 Å². The molecule has 0 aromatic carbocycles. The second-order valence-electron chi connectivity index (χ2n) is 8.80. The molecule has 4 atom stereocenters. The SMILES string of the molecule is C[C@@H]1[C@H]2C[C@@H](C[C@H]1Nc1cnn(CC(=O)NCc3ccno3)c(=O)c1Br)C2(C)C. The third-order valence-corrected chi connectivity index (χ3v) is 7.69. The van der Waals surface area contributed by atoms with Crippen molar-refractivity contribution in [2.24, 2.45) is 23.2 Å². The molecule has 1 amide bonds. The van der Waals surface area contributed by atoms with Crippen LogP contribution in [-0.4, -0.2) is 26.9 Å². The van der Waals surface area contributed by atoms with Gasteiger partial charge >= 0.3 is 0 Å². The minimum Gasteiger partial charge on any atom is -0.380 e. The highest BCUT2D eigenvalue weighted by molar-refractivity contribution is 9.10. The van der Waals surface area contributed by atoms with Crippen LogP contribution in [0.5, 0.6) is 0 Å². The molecule has 2 aromatic heterocycles. The maximum atomic E-state index is 12.7. The van der Waals surface area contributed by atoms with Crippen molar-refractivity contribution in [2.45, 2.75) is 52.7 Å². The largest absolute Gasteiger partial charge is 0.380 e. The molecule has 3 saturated carbocycles. The first-order valence-electron chi connectivity index (χ1n) is 9.95. The van der Waals surface area contributed by atoms with Crippen molar-refractivity contribution in [1.29, 1.82) is 0 Å². The summed E-state index contributed by atoms with van der Waals surface area (Å²) in [6, 6.07) is 1.99. The Hall–Kier alpha value is -2.16. The van der Waals surface area contributed by atoms with E-state index in [1.807, 2.05) is 0 Å². The maximum absolute atomic E-state index is 12.7. The van der Waals surface area contributed by atoms with Gasteiger partial charge in [-0.2, -0.15) is 5.10 Å². The molecule has 2 N–H and O–H groups in total. The van der Waals surface area contributed by atoms with Crippen molar-refractivity contribution in [3.05, 3.63) is 39.0 Å². The number of aromatic nitrogens is 3. The number of nitrogens with zero attached hydrogens (tertiary/aromatic N) is 3. The Morgan fingerprint density at radius 2 is 2.21 bits per heavy atom. The lowest BCUT2D eigenvalue weighted by atomic mass is 9.45. The monoisotopic (exact) mass is 463 g/mol. The predicted octanol–water partition coefficient (Wildman–Crippen LogP) is 2.79. The zero-order chi connectivity index (χ0) is 20.8. The number of hydrogen-bond donors (Lipinski definition) is 2. The molecule has 29 heavy (non-hydrogen) atoms. The van der Waals surface area contributed by atoms with Crippen molar-refractivity contribution in [1.82, 2.24) is 20.3 Å². The number of anilines is 1. The van der Waals surface area contributed by atoms with Crippen molar-refractivity contribution >= 4 is 27.5 Å². The summed E-state index contributed by atoms with van der Waals surface area (Å²) >= 11 is 3.40. The van der Waals surface area contributed by atoms with E-state index in [4.69, 9.17) is 4.52 Å². The molecule has 0 unspecified atom stereocenters. The third-order valence-electron chi connectivity index (χ3n) is 6.92. The minimum absolute atomic E-state index is 0.163. The van der Waals surface area contributed by atoms with Crippen LogP contribution < -0.4 is 16.2 Å². The number of rotatable bonds is 6. The summed E-state index contributed by atoms with van der Waals surface area (Å²) in [6.07, 6.45) is 5.53. The van der Waals surface area contributed by atoms with Crippen LogP contribution in [0.4, 0.5) is 5.69 Å². The van der Waals surface area contributed by atoms with Gasteiger partial charge in [-0.1, -0.05) is 25.9 Å². The van der Waals surface area contributed by atoms with E-state index in [0.29, 0.717) is 39.2 Å². The number of carbonyl (C=O) groups is 1. The molecule has 5 rings (SSSR count). The zero-order valence-electron chi connectivity index (χ0n) is 16.8. The average Bonchev–Trinajstić information content (AvgIpc) is 3.20. The number of nitrogens with one attached hydrogen (secondary N) is 2. The van der Waals surface area contributed by atoms with Gasteiger partial charge in [-0.25, -0.2) is 4.68 Å². The fraction of sp³-hybridized carbons (Fsp3) is 0.600. The normalized spacial score (nSPS) is 27.2. The first-order valence-corrected chi connectivity index (χ1v) is 10.7. The molecule has 2 bridgehead atoms. The molecule has 0 spiro atoms. The van der Waals surface area contributed by atoms with Gasteiger partial charge in [0.05, 0.1) is 24.6 Å². The van der Waals surface area contributed by atoms with Crippen molar-refractivity contribution < 1.29 is 9.32 Å². The van der Waals surface area contributed by atoms with Gasteiger partial charge in [-0.3, -0.25) is 9.59 Å². The van der Waals surface area contributed by atoms with Gasteiger partial charge in [-0.05, 0) is 51.9 Å². The standard InChI is InChI=1S/C20H26BrN5O3/c1-11-14-6-12(20(14,2)3)7-15(11)25-16-9-23-26(19(28)18(16)21)10-17(27)22-8-13-4-5-24-29-13/h4-5,9,11-12,14-15,25H,6-8,10H2,1-3H3,(H,22,27)/t11-,12+,14-,15-/m1/s1. The molecular weight excluding hydrogens is 438 g/mol. The summed E-state index contributed by atoms with van der Waals surface area (Å²) in [6.45, 7) is 7.08. The van der Waals surface area contributed by atoms with E-state index in [1.54, 1.807) is 12.3 Å². The van der Waals surface area contributed by atoms with E-state index < -0.39 is 0 Å². The van der Waals surface area contributed by atoms with Crippen molar-refractivity contribution in [2.75, 3.05) is 5.32 Å². The van der Waals surface area contributed by atoms with Crippen LogP contribution in [0.3, 0.4) is 0 Å². The lowest BCUT2D eigenvalue weighted by Gasteiger charge is -2.62. The lowest BCUT2D eigenvalue weighted by molar-refractivity contribution is -0.122. The summed E-state index contributed by atoms with van der Waals surface area (Å²) in [5, 5.41) is 14.0. The first-order chi connectivity index (χ1) is 13.8. The van der Waals surface area contributed by atoms with E-state index in [9.17, 15) is 9.59 Å². The van der Waals surface area contributed by atoms with Gasteiger partial charge < -0.3 is 15.2 Å².